The fourth-order valence-corrected chi connectivity index (χ4v) is 3.02. The number of rotatable bonds is 3. The smallest absolute Gasteiger partial charge is 0.265 e. The van der Waals surface area contributed by atoms with E-state index in [9.17, 15) is 4.79 Å². The Kier molecular flexibility index (Phi) is 3.75. The van der Waals surface area contributed by atoms with Crippen molar-refractivity contribution in [2.75, 3.05) is 0 Å². The van der Waals surface area contributed by atoms with Crippen molar-refractivity contribution in [1.82, 2.24) is 15.0 Å². The van der Waals surface area contributed by atoms with E-state index in [1.807, 2.05) is 18.2 Å². The highest BCUT2D eigenvalue weighted by Crippen LogP contribution is 2.23. The molecule has 21 heavy (non-hydrogen) atoms. The van der Waals surface area contributed by atoms with Crippen LogP contribution in [0, 0.1) is 6.92 Å². The van der Waals surface area contributed by atoms with E-state index in [0.29, 0.717) is 5.56 Å². The van der Waals surface area contributed by atoms with Gasteiger partial charge in [0.1, 0.15) is 5.82 Å². The summed E-state index contributed by atoms with van der Waals surface area (Å²) in [6.07, 6.45) is 4.64. The quantitative estimate of drug-likeness (QED) is 0.512. The van der Waals surface area contributed by atoms with Gasteiger partial charge in [-0.15, -0.1) is 0 Å². The SMILES string of the molecule is Cc1nc2c(n1Cc1cccc(C(=O)NN)c1)CCCC2. The molecule has 0 aliphatic heterocycles. The number of aromatic nitrogens is 2. The molecular weight excluding hydrogens is 264 g/mol. The predicted molar refractivity (Wildman–Crippen MR) is 80.8 cm³/mol. The van der Waals surface area contributed by atoms with Crippen LogP contribution in [-0.4, -0.2) is 15.5 Å². The fraction of sp³-hybridized carbons (Fsp3) is 0.375. The molecule has 5 heteroatoms. The van der Waals surface area contributed by atoms with Crippen LogP contribution in [0.25, 0.3) is 0 Å². The third-order valence-electron chi connectivity index (χ3n) is 4.08. The first-order valence-electron chi connectivity index (χ1n) is 7.34. The van der Waals surface area contributed by atoms with Crippen LogP contribution in [0.1, 0.15) is 46.0 Å². The van der Waals surface area contributed by atoms with Gasteiger partial charge in [-0.2, -0.15) is 0 Å². The van der Waals surface area contributed by atoms with Crippen LogP contribution in [-0.2, 0) is 19.4 Å². The third kappa shape index (κ3) is 2.69. The first-order valence-corrected chi connectivity index (χ1v) is 7.34. The highest BCUT2D eigenvalue weighted by molar-refractivity contribution is 5.93. The topological polar surface area (TPSA) is 72.9 Å². The zero-order chi connectivity index (χ0) is 14.8. The van der Waals surface area contributed by atoms with Gasteiger partial charge in [0.25, 0.3) is 5.91 Å². The number of nitrogens with one attached hydrogen (secondary N) is 1. The summed E-state index contributed by atoms with van der Waals surface area (Å²) in [6, 6.07) is 7.57. The Labute approximate surface area is 124 Å². The lowest BCUT2D eigenvalue weighted by Gasteiger charge is -2.15. The van der Waals surface area contributed by atoms with Crippen molar-refractivity contribution < 1.29 is 4.79 Å². The van der Waals surface area contributed by atoms with Crippen LogP contribution in [0.2, 0.25) is 0 Å². The van der Waals surface area contributed by atoms with E-state index >= 15 is 0 Å². The molecule has 1 aromatic carbocycles. The van der Waals surface area contributed by atoms with Gasteiger partial charge in [0.15, 0.2) is 0 Å². The highest BCUT2D eigenvalue weighted by Gasteiger charge is 2.18. The summed E-state index contributed by atoms with van der Waals surface area (Å²) in [6.45, 7) is 2.80. The Morgan fingerprint density at radius 2 is 2.19 bits per heavy atom. The van der Waals surface area contributed by atoms with E-state index in [1.165, 1.54) is 24.2 Å². The number of nitrogens with two attached hydrogens (primary N) is 1. The number of hydrogen-bond donors (Lipinski definition) is 2. The summed E-state index contributed by atoms with van der Waals surface area (Å²) in [5, 5.41) is 0. The van der Waals surface area contributed by atoms with Crippen molar-refractivity contribution >= 4 is 5.91 Å². The van der Waals surface area contributed by atoms with E-state index < -0.39 is 0 Å². The summed E-state index contributed by atoms with van der Waals surface area (Å²) < 4.78 is 2.27. The number of fused-ring (bicyclic) bond motifs is 1. The molecule has 1 aromatic heterocycles. The monoisotopic (exact) mass is 284 g/mol. The van der Waals surface area contributed by atoms with Crippen LogP contribution in [0.3, 0.4) is 0 Å². The Balaban J connectivity index is 1.90. The van der Waals surface area contributed by atoms with Crippen molar-refractivity contribution in [2.45, 2.75) is 39.2 Å². The number of hydrazine groups is 1. The first kappa shape index (κ1) is 13.8. The van der Waals surface area contributed by atoms with Gasteiger partial charge in [-0.1, -0.05) is 12.1 Å². The van der Waals surface area contributed by atoms with Crippen LogP contribution in [0.5, 0.6) is 0 Å². The van der Waals surface area contributed by atoms with Crippen LogP contribution in [0.4, 0.5) is 0 Å². The van der Waals surface area contributed by atoms with Gasteiger partial charge in [0.05, 0.1) is 5.69 Å². The molecule has 0 atom stereocenters. The molecule has 3 rings (SSSR count). The van der Waals surface area contributed by atoms with Crippen molar-refractivity contribution in [3.8, 4) is 0 Å². The second kappa shape index (κ2) is 5.69. The van der Waals surface area contributed by atoms with Crippen molar-refractivity contribution in [2.24, 2.45) is 5.84 Å². The van der Waals surface area contributed by atoms with Gasteiger partial charge in [0, 0.05) is 17.8 Å². The standard InChI is InChI=1S/C16H20N4O/c1-11-18-14-7-2-3-8-15(14)20(11)10-12-5-4-6-13(9-12)16(21)19-17/h4-6,9H,2-3,7-8,10,17H2,1H3,(H,19,21). The zero-order valence-electron chi connectivity index (χ0n) is 12.2. The summed E-state index contributed by atoms with van der Waals surface area (Å²) in [5.74, 6) is 5.98. The summed E-state index contributed by atoms with van der Waals surface area (Å²) >= 11 is 0. The number of nitrogen functional groups attached to an aromatic ring is 1. The molecule has 0 fully saturated rings. The second-order valence-electron chi connectivity index (χ2n) is 5.52. The van der Waals surface area contributed by atoms with E-state index in [2.05, 4.69) is 21.9 Å². The minimum atomic E-state index is -0.263. The summed E-state index contributed by atoms with van der Waals surface area (Å²) in [7, 11) is 0. The molecule has 0 saturated carbocycles. The summed E-state index contributed by atoms with van der Waals surface area (Å²) in [4.78, 5) is 16.3. The molecule has 110 valence electrons. The minimum absolute atomic E-state index is 0.263. The lowest BCUT2D eigenvalue weighted by Crippen LogP contribution is -2.30. The number of aryl methyl sites for hydroxylation is 2. The maximum absolute atomic E-state index is 11.6. The van der Waals surface area contributed by atoms with Gasteiger partial charge >= 0.3 is 0 Å². The number of carbonyl (C=O) groups is 1. The van der Waals surface area contributed by atoms with Crippen molar-refractivity contribution in [3.63, 3.8) is 0 Å². The Morgan fingerprint density at radius 1 is 1.38 bits per heavy atom. The van der Waals surface area contributed by atoms with Gasteiger partial charge in [-0.25, -0.2) is 10.8 Å². The zero-order valence-corrected chi connectivity index (χ0v) is 12.2. The largest absolute Gasteiger partial charge is 0.328 e. The van der Waals surface area contributed by atoms with Gasteiger partial charge < -0.3 is 4.57 Å². The minimum Gasteiger partial charge on any atom is -0.328 e. The number of imidazole rings is 1. The molecular formula is C16H20N4O. The fourth-order valence-electron chi connectivity index (χ4n) is 3.02. The van der Waals surface area contributed by atoms with Gasteiger partial charge in [-0.3, -0.25) is 10.2 Å². The molecule has 1 aliphatic rings. The molecule has 0 spiro atoms. The van der Waals surface area contributed by atoms with Crippen LogP contribution >= 0.6 is 0 Å². The Morgan fingerprint density at radius 3 is 3.00 bits per heavy atom. The number of nitrogens with zero attached hydrogens (tertiary/aromatic N) is 2. The molecule has 0 saturated heterocycles. The van der Waals surface area contributed by atoms with Crippen LogP contribution in [0.15, 0.2) is 24.3 Å². The number of benzene rings is 1. The van der Waals surface area contributed by atoms with Crippen molar-refractivity contribution in [3.05, 3.63) is 52.6 Å². The maximum atomic E-state index is 11.6. The van der Waals surface area contributed by atoms with E-state index in [1.54, 1.807) is 6.07 Å². The number of hydrogen-bond acceptors (Lipinski definition) is 3. The Hall–Kier alpha value is -2.14. The van der Waals surface area contributed by atoms with Gasteiger partial charge in [-0.05, 0) is 50.3 Å². The molecule has 1 heterocycles. The average Bonchev–Trinajstić information content (AvgIpc) is 2.83. The first-order chi connectivity index (χ1) is 10.2. The summed E-state index contributed by atoms with van der Waals surface area (Å²) in [5.41, 5.74) is 6.44. The van der Waals surface area contributed by atoms with Gasteiger partial charge in [0.2, 0.25) is 0 Å². The molecule has 1 amide bonds. The second-order valence-corrected chi connectivity index (χ2v) is 5.52. The predicted octanol–water partition coefficient (Wildman–Crippen LogP) is 1.72. The van der Waals surface area contributed by atoms with E-state index in [4.69, 9.17) is 5.84 Å². The number of carbonyl (C=O) groups excluding carboxylic acids is 1. The molecule has 0 radical (unpaired) electrons. The lowest BCUT2D eigenvalue weighted by atomic mass is 10.0. The molecule has 3 N–H and O–H groups in total. The lowest BCUT2D eigenvalue weighted by molar-refractivity contribution is 0.0953. The average molecular weight is 284 g/mol. The van der Waals surface area contributed by atoms with Crippen LogP contribution < -0.4 is 11.3 Å². The number of amides is 1. The van der Waals surface area contributed by atoms with E-state index in [0.717, 1.165) is 30.8 Å². The molecule has 5 nitrogen and oxygen atoms in total. The normalized spacial score (nSPS) is 13.8. The van der Waals surface area contributed by atoms with E-state index in [-0.39, 0.29) is 5.91 Å². The molecule has 0 bridgehead atoms. The highest BCUT2D eigenvalue weighted by atomic mass is 16.2. The molecule has 0 unspecified atom stereocenters. The third-order valence-corrected chi connectivity index (χ3v) is 4.08. The maximum Gasteiger partial charge on any atom is 0.265 e. The molecule has 1 aliphatic carbocycles. The Bertz CT molecular complexity index is 675. The van der Waals surface area contributed by atoms with Crippen molar-refractivity contribution in [1.29, 1.82) is 0 Å². The molecule has 2 aromatic rings.